The van der Waals surface area contributed by atoms with Crippen LogP contribution in [-0.2, 0) is 6.54 Å². The van der Waals surface area contributed by atoms with Crippen LogP contribution in [0, 0.1) is 0 Å². The van der Waals surface area contributed by atoms with Gasteiger partial charge in [0.1, 0.15) is 6.54 Å². The van der Waals surface area contributed by atoms with Crippen molar-refractivity contribution in [3.63, 3.8) is 0 Å². The van der Waals surface area contributed by atoms with Gasteiger partial charge in [-0.05, 0) is 25.0 Å². The number of carbonyl (C=O) groups excluding carboxylic acids is 1. The van der Waals surface area contributed by atoms with Crippen LogP contribution in [-0.4, -0.2) is 39.3 Å². The minimum absolute atomic E-state index is 0.175. The Labute approximate surface area is 133 Å². The monoisotopic (exact) mass is 332 g/mol. The van der Waals surface area contributed by atoms with Crippen LogP contribution in [0.2, 0.25) is 0 Å². The number of rotatable bonds is 6. The van der Waals surface area contributed by atoms with E-state index in [1.807, 2.05) is 11.8 Å². The third-order valence-corrected chi connectivity index (χ3v) is 4.81. The highest BCUT2D eigenvalue weighted by molar-refractivity contribution is 7.99. The number of alkyl halides is 2. The zero-order valence-corrected chi connectivity index (χ0v) is 13.4. The number of nitrogens with zero attached hydrogens (tertiary/aromatic N) is 2. The first-order valence-electron chi connectivity index (χ1n) is 7.56. The predicted molar refractivity (Wildman–Crippen MR) is 84.6 cm³/mol. The molecule has 22 heavy (non-hydrogen) atoms. The molecule has 0 radical (unpaired) electrons. The van der Waals surface area contributed by atoms with Crippen molar-refractivity contribution in [3.05, 3.63) is 12.4 Å². The highest BCUT2D eigenvalue weighted by Gasteiger charge is 2.23. The SMILES string of the molecule is CCS[C@H]1CCC[C@H](NC(=O)Nc2cnn(CC(F)F)c2)C1. The van der Waals surface area contributed by atoms with Crippen molar-refractivity contribution in [1.82, 2.24) is 15.1 Å². The minimum atomic E-state index is -2.46. The molecule has 1 aromatic rings. The topological polar surface area (TPSA) is 59.0 Å². The Kier molecular flexibility index (Phi) is 6.48. The average Bonchev–Trinajstić information content (AvgIpc) is 2.85. The summed E-state index contributed by atoms with van der Waals surface area (Å²) < 4.78 is 25.6. The second-order valence-corrected chi connectivity index (χ2v) is 6.96. The number of hydrogen-bond donors (Lipinski definition) is 2. The summed E-state index contributed by atoms with van der Waals surface area (Å²) in [5.74, 6) is 1.09. The number of carbonyl (C=O) groups is 1. The molecule has 0 aromatic carbocycles. The highest BCUT2D eigenvalue weighted by Crippen LogP contribution is 2.28. The molecule has 5 nitrogen and oxygen atoms in total. The minimum Gasteiger partial charge on any atom is -0.335 e. The second kappa shape index (κ2) is 8.36. The Balaban J connectivity index is 1.78. The summed E-state index contributed by atoms with van der Waals surface area (Å²) >= 11 is 1.94. The van der Waals surface area contributed by atoms with Crippen molar-refractivity contribution in [3.8, 4) is 0 Å². The molecule has 1 heterocycles. The number of aromatic nitrogens is 2. The molecule has 0 saturated heterocycles. The molecule has 1 aliphatic carbocycles. The van der Waals surface area contributed by atoms with E-state index in [1.54, 1.807) is 0 Å². The van der Waals surface area contributed by atoms with Gasteiger partial charge in [0.15, 0.2) is 0 Å². The van der Waals surface area contributed by atoms with Crippen molar-refractivity contribution >= 4 is 23.5 Å². The smallest absolute Gasteiger partial charge is 0.319 e. The third kappa shape index (κ3) is 5.47. The molecule has 124 valence electrons. The molecule has 0 aliphatic heterocycles. The van der Waals surface area contributed by atoms with Crippen molar-refractivity contribution < 1.29 is 13.6 Å². The maximum absolute atomic E-state index is 12.2. The van der Waals surface area contributed by atoms with E-state index in [4.69, 9.17) is 0 Å². The molecular weight excluding hydrogens is 310 g/mol. The number of hydrogen-bond acceptors (Lipinski definition) is 3. The fraction of sp³-hybridized carbons (Fsp3) is 0.714. The first-order valence-corrected chi connectivity index (χ1v) is 8.61. The largest absolute Gasteiger partial charge is 0.335 e. The van der Waals surface area contributed by atoms with E-state index in [-0.39, 0.29) is 12.1 Å². The molecule has 2 amide bonds. The lowest BCUT2D eigenvalue weighted by Gasteiger charge is -2.29. The molecule has 1 aliphatic rings. The Hall–Kier alpha value is -1.31. The number of amides is 2. The van der Waals surface area contributed by atoms with E-state index in [2.05, 4.69) is 22.7 Å². The standard InChI is InChI=1S/C14H22F2N4OS/c1-2-22-12-5-3-4-10(6-12)18-14(21)19-11-7-17-20(8-11)9-13(15)16/h7-8,10,12-13H,2-6,9H2,1H3,(H2,18,19,21)/t10-,12-/m0/s1. The van der Waals surface area contributed by atoms with Crippen molar-refractivity contribution in [2.75, 3.05) is 11.1 Å². The van der Waals surface area contributed by atoms with Gasteiger partial charge >= 0.3 is 6.03 Å². The van der Waals surface area contributed by atoms with Gasteiger partial charge in [-0.2, -0.15) is 16.9 Å². The Bertz CT molecular complexity index is 481. The van der Waals surface area contributed by atoms with Crippen molar-refractivity contribution in [1.29, 1.82) is 0 Å². The molecule has 0 bridgehead atoms. The van der Waals surface area contributed by atoms with E-state index < -0.39 is 13.0 Å². The van der Waals surface area contributed by atoms with Gasteiger partial charge in [-0.1, -0.05) is 13.3 Å². The molecule has 1 aromatic heterocycles. The Morgan fingerprint density at radius 3 is 3.09 bits per heavy atom. The Morgan fingerprint density at radius 2 is 2.36 bits per heavy atom. The number of thioether (sulfide) groups is 1. The summed E-state index contributed by atoms with van der Waals surface area (Å²) in [7, 11) is 0. The van der Waals surface area contributed by atoms with E-state index in [1.165, 1.54) is 18.8 Å². The van der Waals surface area contributed by atoms with E-state index in [0.29, 0.717) is 10.9 Å². The van der Waals surface area contributed by atoms with Crippen LogP contribution >= 0.6 is 11.8 Å². The van der Waals surface area contributed by atoms with E-state index in [0.717, 1.165) is 29.7 Å². The molecule has 2 atom stereocenters. The van der Waals surface area contributed by atoms with Crippen LogP contribution in [0.1, 0.15) is 32.6 Å². The molecular formula is C14H22F2N4OS. The molecule has 0 unspecified atom stereocenters. The summed E-state index contributed by atoms with van der Waals surface area (Å²) in [5, 5.41) is 9.99. The van der Waals surface area contributed by atoms with Gasteiger partial charge in [-0.25, -0.2) is 13.6 Å². The fourth-order valence-electron chi connectivity index (χ4n) is 2.69. The molecule has 0 spiro atoms. The zero-order valence-electron chi connectivity index (χ0n) is 12.6. The first-order chi connectivity index (χ1) is 10.6. The van der Waals surface area contributed by atoms with Gasteiger partial charge in [-0.15, -0.1) is 0 Å². The predicted octanol–water partition coefficient (Wildman–Crippen LogP) is 3.33. The second-order valence-electron chi connectivity index (χ2n) is 5.38. The van der Waals surface area contributed by atoms with Crippen LogP contribution < -0.4 is 10.6 Å². The quantitative estimate of drug-likeness (QED) is 0.840. The number of nitrogens with one attached hydrogen (secondary N) is 2. The molecule has 8 heteroatoms. The van der Waals surface area contributed by atoms with Gasteiger partial charge in [0.2, 0.25) is 0 Å². The lowest BCUT2D eigenvalue weighted by molar-refractivity contribution is 0.122. The molecule has 2 N–H and O–H groups in total. The first kappa shape index (κ1) is 17.1. The van der Waals surface area contributed by atoms with Crippen LogP contribution in [0.3, 0.4) is 0 Å². The lowest BCUT2D eigenvalue weighted by Crippen LogP contribution is -2.41. The summed E-state index contributed by atoms with van der Waals surface area (Å²) in [6.45, 7) is 1.67. The van der Waals surface area contributed by atoms with Crippen LogP contribution in [0.25, 0.3) is 0 Å². The number of urea groups is 1. The Morgan fingerprint density at radius 1 is 1.55 bits per heavy atom. The maximum atomic E-state index is 12.2. The van der Waals surface area contributed by atoms with Gasteiger partial charge in [0.25, 0.3) is 6.43 Å². The summed E-state index contributed by atoms with van der Waals surface area (Å²) in [6, 6.07) is -0.127. The average molecular weight is 332 g/mol. The van der Waals surface area contributed by atoms with Crippen LogP contribution in [0.15, 0.2) is 12.4 Å². The van der Waals surface area contributed by atoms with Gasteiger partial charge in [0.05, 0.1) is 11.9 Å². The summed E-state index contributed by atoms with van der Waals surface area (Å²) in [6.07, 6.45) is 4.61. The molecule has 2 rings (SSSR count). The highest BCUT2D eigenvalue weighted by atomic mass is 32.2. The van der Waals surface area contributed by atoms with Crippen LogP contribution in [0.5, 0.6) is 0 Å². The van der Waals surface area contributed by atoms with E-state index >= 15 is 0 Å². The fourth-order valence-corrected chi connectivity index (χ4v) is 3.86. The van der Waals surface area contributed by atoms with Gasteiger partial charge < -0.3 is 10.6 Å². The number of anilines is 1. The van der Waals surface area contributed by atoms with Crippen molar-refractivity contribution in [2.45, 2.75) is 56.9 Å². The summed E-state index contributed by atoms with van der Waals surface area (Å²) in [4.78, 5) is 12.0. The lowest BCUT2D eigenvalue weighted by atomic mass is 9.95. The normalized spacial score (nSPS) is 21.8. The van der Waals surface area contributed by atoms with Gasteiger partial charge in [0, 0.05) is 17.5 Å². The zero-order chi connectivity index (χ0) is 15.9. The maximum Gasteiger partial charge on any atom is 0.319 e. The van der Waals surface area contributed by atoms with Crippen LogP contribution in [0.4, 0.5) is 19.3 Å². The summed E-state index contributed by atoms with van der Waals surface area (Å²) in [5.41, 5.74) is 0.424. The van der Waals surface area contributed by atoms with E-state index in [9.17, 15) is 13.6 Å². The van der Waals surface area contributed by atoms with Gasteiger partial charge in [-0.3, -0.25) is 4.68 Å². The molecule has 1 saturated carbocycles. The third-order valence-electron chi connectivity index (χ3n) is 3.58. The molecule has 1 fully saturated rings. The number of halogens is 2. The van der Waals surface area contributed by atoms with Crippen molar-refractivity contribution in [2.24, 2.45) is 0 Å².